The number of nitrogens with zero attached hydrogens (tertiary/aromatic N) is 1. The van der Waals surface area contributed by atoms with Crippen molar-refractivity contribution in [2.24, 2.45) is 0 Å². The fourth-order valence-electron chi connectivity index (χ4n) is 3.11. The predicted molar refractivity (Wildman–Crippen MR) is 101 cm³/mol. The van der Waals surface area contributed by atoms with Crippen LogP contribution in [0.5, 0.6) is 0 Å². The molecule has 0 saturated carbocycles. The number of benzene rings is 2. The highest BCUT2D eigenvalue weighted by atomic mass is 16.4. The molecule has 0 saturated heterocycles. The first-order valence-corrected chi connectivity index (χ1v) is 8.48. The highest BCUT2D eigenvalue weighted by molar-refractivity contribution is 5.98. The van der Waals surface area contributed by atoms with E-state index in [1.165, 1.54) is 5.56 Å². The van der Waals surface area contributed by atoms with Gasteiger partial charge in [-0.1, -0.05) is 42.0 Å². The SMILES string of the molecule is Cc1cc(C)c2[nH]c(C(=O)NCc3ncc(-c4ccccc4)o3)cc2c1. The molecule has 5 nitrogen and oxygen atoms in total. The predicted octanol–water partition coefficient (Wildman–Crippen LogP) is 4.37. The first-order chi connectivity index (χ1) is 12.6. The molecule has 0 aliphatic rings. The van der Waals surface area contributed by atoms with E-state index in [2.05, 4.69) is 27.4 Å². The average Bonchev–Trinajstić information content (AvgIpc) is 3.27. The maximum absolute atomic E-state index is 12.4. The molecule has 4 aromatic rings. The lowest BCUT2D eigenvalue weighted by atomic mass is 10.1. The van der Waals surface area contributed by atoms with Gasteiger partial charge in [0.15, 0.2) is 5.76 Å². The van der Waals surface area contributed by atoms with Crippen LogP contribution >= 0.6 is 0 Å². The summed E-state index contributed by atoms with van der Waals surface area (Å²) < 4.78 is 5.71. The Morgan fingerprint density at radius 2 is 1.96 bits per heavy atom. The van der Waals surface area contributed by atoms with Crippen LogP contribution in [0.2, 0.25) is 0 Å². The zero-order valence-corrected chi connectivity index (χ0v) is 14.7. The summed E-state index contributed by atoms with van der Waals surface area (Å²) in [5, 5.41) is 3.89. The number of carbonyl (C=O) groups excluding carboxylic acids is 1. The Morgan fingerprint density at radius 1 is 1.15 bits per heavy atom. The Morgan fingerprint density at radius 3 is 2.77 bits per heavy atom. The summed E-state index contributed by atoms with van der Waals surface area (Å²) >= 11 is 0. The average molecular weight is 345 g/mol. The zero-order valence-electron chi connectivity index (χ0n) is 14.7. The molecule has 0 fully saturated rings. The number of aromatic nitrogens is 2. The smallest absolute Gasteiger partial charge is 0.268 e. The van der Waals surface area contributed by atoms with Crippen LogP contribution in [0.1, 0.15) is 27.5 Å². The van der Waals surface area contributed by atoms with E-state index in [-0.39, 0.29) is 12.5 Å². The van der Waals surface area contributed by atoms with Gasteiger partial charge in [0, 0.05) is 16.5 Å². The molecule has 0 aliphatic carbocycles. The van der Waals surface area contributed by atoms with Gasteiger partial charge in [-0.25, -0.2) is 4.98 Å². The zero-order chi connectivity index (χ0) is 18.1. The molecule has 26 heavy (non-hydrogen) atoms. The van der Waals surface area contributed by atoms with E-state index in [0.29, 0.717) is 17.3 Å². The Balaban J connectivity index is 1.48. The molecule has 0 aliphatic heterocycles. The second kappa shape index (κ2) is 6.52. The Kier molecular flexibility index (Phi) is 4.05. The fourth-order valence-corrected chi connectivity index (χ4v) is 3.11. The van der Waals surface area contributed by atoms with Crippen molar-refractivity contribution in [3.8, 4) is 11.3 Å². The number of amides is 1. The number of oxazole rings is 1. The lowest BCUT2D eigenvalue weighted by Crippen LogP contribution is -2.23. The molecule has 2 N–H and O–H groups in total. The van der Waals surface area contributed by atoms with Crippen molar-refractivity contribution in [3.05, 3.63) is 77.4 Å². The van der Waals surface area contributed by atoms with Gasteiger partial charge in [-0.3, -0.25) is 4.79 Å². The van der Waals surface area contributed by atoms with Crippen molar-refractivity contribution in [2.75, 3.05) is 0 Å². The summed E-state index contributed by atoms with van der Waals surface area (Å²) in [6, 6.07) is 15.8. The van der Waals surface area contributed by atoms with Gasteiger partial charge in [-0.15, -0.1) is 0 Å². The van der Waals surface area contributed by atoms with Gasteiger partial charge >= 0.3 is 0 Å². The molecule has 4 rings (SSSR count). The minimum absolute atomic E-state index is 0.183. The van der Waals surface area contributed by atoms with E-state index in [9.17, 15) is 4.79 Å². The van der Waals surface area contributed by atoms with Gasteiger partial charge in [0.2, 0.25) is 5.89 Å². The van der Waals surface area contributed by atoms with E-state index in [0.717, 1.165) is 22.0 Å². The van der Waals surface area contributed by atoms with Crippen molar-refractivity contribution in [2.45, 2.75) is 20.4 Å². The third-order valence-corrected chi connectivity index (χ3v) is 4.33. The third kappa shape index (κ3) is 3.11. The summed E-state index contributed by atoms with van der Waals surface area (Å²) in [5.41, 5.74) is 4.78. The molecule has 130 valence electrons. The summed E-state index contributed by atoms with van der Waals surface area (Å²) in [5.74, 6) is 0.976. The number of H-pyrrole nitrogens is 1. The molecule has 2 aromatic carbocycles. The van der Waals surface area contributed by atoms with Gasteiger partial charge in [0.25, 0.3) is 5.91 Å². The highest BCUT2D eigenvalue weighted by Gasteiger charge is 2.12. The standard InChI is InChI=1S/C21H19N3O2/c1-13-8-14(2)20-16(9-13)10-17(24-20)21(25)23-12-19-22-11-18(26-19)15-6-4-3-5-7-15/h3-11,24H,12H2,1-2H3,(H,23,25). The summed E-state index contributed by atoms with van der Waals surface area (Å²) in [7, 11) is 0. The first-order valence-electron chi connectivity index (χ1n) is 8.48. The molecule has 0 bridgehead atoms. The molecule has 1 amide bonds. The van der Waals surface area contributed by atoms with Crippen LogP contribution in [0.15, 0.2) is 59.1 Å². The molecular formula is C21H19N3O2. The van der Waals surface area contributed by atoms with Crippen LogP contribution < -0.4 is 5.32 Å². The number of rotatable bonds is 4. The van der Waals surface area contributed by atoms with Crippen LogP contribution in [-0.4, -0.2) is 15.9 Å². The Bertz CT molecular complexity index is 1080. The lowest BCUT2D eigenvalue weighted by molar-refractivity contribution is 0.0943. The van der Waals surface area contributed by atoms with E-state index < -0.39 is 0 Å². The van der Waals surface area contributed by atoms with Crippen LogP contribution in [0, 0.1) is 13.8 Å². The van der Waals surface area contributed by atoms with Crippen LogP contribution in [0.25, 0.3) is 22.2 Å². The fraction of sp³-hybridized carbons (Fsp3) is 0.143. The van der Waals surface area contributed by atoms with Crippen LogP contribution in [0.3, 0.4) is 0 Å². The third-order valence-electron chi connectivity index (χ3n) is 4.33. The number of hydrogen-bond acceptors (Lipinski definition) is 3. The molecular weight excluding hydrogens is 326 g/mol. The molecule has 0 atom stereocenters. The number of hydrogen-bond donors (Lipinski definition) is 2. The first kappa shape index (κ1) is 16.1. The molecule has 2 heterocycles. The largest absolute Gasteiger partial charge is 0.439 e. The van der Waals surface area contributed by atoms with Gasteiger partial charge in [0.05, 0.1) is 12.7 Å². The minimum atomic E-state index is -0.183. The summed E-state index contributed by atoms with van der Waals surface area (Å²) in [6.45, 7) is 4.32. The minimum Gasteiger partial charge on any atom is -0.439 e. The van der Waals surface area contributed by atoms with Crippen molar-refractivity contribution in [1.29, 1.82) is 0 Å². The van der Waals surface area contributed by atoms with Gasteiger partial charge in [0.1, 0.15) is 5.69 Å². The van der Waals surface area contributed by atoms with Gasteiger partial charge in [-0.2, -0.15) is 0 Å². The number of aromatic amines is 1. The Hall–Kier alpha value is -3.34. The highest BCUT2D eigenvalue weighted by Crippen LogP contribution is 2.22. The van der Waals surface area contributed by atoms with Crippen LogP contribution in [-0.2, 0) is 6.54 Å². The van der Waals surface area contributed by atoms with Crippen molar-refractivity contribution in [3.63, 3.8) is 0 Å². The van der Waals surface area contributed by atoms with Crippen LogP contribution in [0.4, 0.5) is 0 Å². The molecule has 0 radical (unpaired) electrons. The summed E-state index contributed by atoms with van der Waals surface area (Å²) in [6.07, 6.45) is 1.67. The second-order valence-corrected chi connectivity index (χ2v) is 6.40. The number of nitrogens with one attached hydrogen (secondary N) is 2. The molecule has 5 heteroatoms. The molecule has 0 spiro atoms. The van der Waals surface area contributed by atoms with E-state index >= 15 is 0 Å². The van der Waals surface area contributed by atoms with E-state index in [1.54, 1.807) is 6.20 Å². The van der Waals surface area contributed by atoms with Gasteiger partial charge < -0.3 is 14.7 Å². The number of aryl methyl sites for hydroxylation is 2. The van der Waals surface area contributed by atoms with Crippen molar-refractivity contribution >= 4 is 16.8 Å². The Labute approximate surface area is 151 Å². The summed E-state index contributed by atoms with van der Waals surface area (Å²) in [4.78, 5) is 19.9. The normalized spacial score (nSPS) is 11.0. The maximum Gasteiger partial charge on any atom is 0.268 e. The van der Waals surface area contributed by atoms with E-state index in [1.807, 2.05) is 50.2 Å². The molecule has 0 unspecified atom stereocenters. The van der Waals surface area contributed by atoms with Gasteiger partial charge in [-0.05, 0) is 31.5 Å². The number of fused-ring (bicyclic) bond motifs is 1. The number of carbonyl (C=O) groups is 1. The van der Waals surface area contributed by atoms with E-state index in [4.69, 9.17) is 4.42 Å². The maximum atomic E-state index is 12.4. The topological polar surface area (TPSA) is 70.9 Å². The lowest BCUT2D eigenvalue weighted by Gasteiger charge is -2.00. The quantitative estimate of drug-likeness (QED) is 0.577. The monoisotopic (exact) mass is 345 g/mol. The second-order valence-electron chi connectivity index (χ2n) is 6.40. The van der Waals surface area contributed by atoms with Crippen molar-refractivity contribution < 1.29 is 9.21 Å². The molecule has 2 aromatic heterocycles. The van der Waals surface area contributed by atoms with Crippen molar-refractivity contribution in [1.82, 2.24) is 15.3 Å².